The number of hydrogen-bond donors (Lipinski definition) is 1. The van der Waals surface area contributed by atoms with Crippen molar-refractivity contribution in [1.29, 1.82) is 0 Å². The van der Waals surface area contributed by atoms with Crippen molar-refractivity contribution in [1.82, 2.24) is 0 Å². The number of benzene rings is 1. The first-order valence-electron chi connectivity index (χ1n) is 8.33. The van der Waals surface area contributed by atoms with Crippen LogP contribution < -0.4 is 0 Å². The van der Waals surface area contributed by atoms with Crippen LogP contribution >= 0.6 is 0 Å². The number of hydrogen-bond acceptors (Lipinski definition) is 1. The molecule has 114 valence electrons. The third-order valence-electron chi connectivity index (χ3n) is 4.32. The van der Waals surface area contributed by atoms with Gasteiger partial charge in [-0.25, -0.2) is 0 Å². The van der Waals surface area contributed by atoms with Crippen LogP contribution in [-0.4, -0.2) is 5.11 Å². The Labute approximate surface area is 125 Å². The van der Waals surface area contributed by atoms with Gasteiger partial charge < -0.3 is 5.11 Å². The maximum atomic E-state index is 9.97. The van der Waals surface area contributed by atoms with Crippen LogP contribution in [0.4, 0.5) is 0 Å². The van der Waals surface area contributed by atoms with E-state index in [1.165, 1.54) is 44.1 Å². The zero-order valence-corrected chi connectivity index (χ0v) is 13.8. The molecule has 0 saturated carbocycles. The second-order valence-electron chi connectivity index (χ2n) is 6.64. The molecule has 0 atom stereocenters. The third kappa shape index (κ3) is 5.19. The topological polar surface area (TPSA) is 20.2 Å². The van der Waals surface area contributed by atoms with Gasteiger partial charge in [-0.15, -0.1) is 0 Å². The minimum absolute atomic E-state index is 0.211. The Bertz CT molecular complexity index is 393. The van der Waals surface area contributed by atoms with E-state index >= 15 is 0 Å². The van der Waals surface area contributed by atoms with Crippen molar-refractivity contribution in [3.63, 3.8) is 0 Å². The third-order valence-corrected chi connectivity index (χ3v) is 4.32. The van der Waals surface area contributed by atoms with Gasteiger partial charge in [0.25, 0.3) is 0 Å². The number of aromatic hydroxyl groups is 1. The Morgan fingerprint density at radius 3 is 2.30 bits per heavy atom. The largest absolute Gasteiger partial charge is 0.508 e. The first kappa shape index (κ1) is 17.1. The minimum Gasteiger partial charge on any atom is -0.508 e. The predicted molar refractivity (Wildman–Crippen MR) is 88.5 cm³/mol. The number of phenols is 1. The highest BCUT2D eigenvalue weighted by atomic mass is 16.3. The average molecular weight is 276 g/mol. The quantitative estimate of drug-likeness (QED) is 0.550. The normalized spacial score (nSPS) is 11.8. The maximum absolute atomic E-state index is 9.97. The van der Waals surface area contributed by atoms with E-state index in [0.717, 1.165) is 18.4 Å². The minimum atomic E-state index is 0.211. The summed E-state index contributed by atoms with van der Waals surface area (Å²) in [6, 6.07) is 6.21. The molecule has 0 aromatic heterocycles. The SMILES string of the molecule is CCCCCCC(C)(C)c1ccc(O)c(CCCC)c1. The van der Waals surface area contributed by atoms with Crippen molar-refractivity contribution in [3.8, 4) is 5.75 Å². The monoisotopic (exact) mass is 276 g/mol. The van der Waals surface area contributed by atoms with Crippen molar-refractivity contribution >= 4 is 0 Å². The van der Waals surface area contributed by atoms with Gasteiger partial charge in [0.2, 0.25) is 0 Å². The Hall–Kier alpha value is -0.980. The highest BCUT2D eigenvalue weighted by molar-refractivity contribution is 5.39. The van der Waals surface area contributed by atoms with Crippen LogP contribution in [0, 0.1) is 0 Å². The van der Waals surface area contributed by atoms with Crippen LogP contribution in [0.3, 0.4) is 0 Å². The molecule has 0 radical (unpaired) electrons. The number of aryl methyl sites for hydroxylation is 1. The first-order valence-corrected chi connectivity index (χ1v) is 8.33. The van der Waals surface area contributed by atoms with E-state index in [1.807, 2.05) is 6.07 Å². The van der Waals surface area contributed by atoms with E-state index in [0.29, 0.717) is 5.75 Å². The molecule has 0 spiro atoms. The Kier molecular flexibility index (Phi) is 7.12. The van der Waals surface area contributed by atoms with E-state index < -0.39 is 0 Å². The lowest BCUT2D eigenvalue weighted by Crippen LogP contribution is -2.17. The van der Waals surface area contributed by atoms with E-state index in [4.69, 9.17) is 0 Å². The second-order valence-corrected chi connectivity index (χ2v) is 6.64. The number of unbranched alkanes of at least 4 members (excludes halogenated alkanes) is 4. The summed E-state index contributed by atoms with van der Waals surface area (Å²) in [7, 11) is 0. The fourth-order valence-electron chi connectivity index (χ4n) is 2.71. The maximum Gasteiger partial charge on any atom is 0.118 e. The van der Waals surface area contributed by atoms with Crippen LogP contribution in [0.5, 0.6) is 5.75 Å². The summed E-state index contributed by atoms with van der Waals surface area (Å²) in [5.74, 6) is 0.462. The lowest BCUT2D eigenvalue weighted by atomic mass is 9.79. The summed E-state index contributed by atoms with van der Waals surface area (Å²) in [4.78, 5) is 0. The molecule has 0 heterocycles. The van der Waals surface area contributed by atoms with Crippen LogP contribution in [0.2, 0.25) is 0 Å². The van der Waals surface area contributed by atoms with Crippen LogP contribution in [0.15, 0.2) is 18.2 Å². The average Bonchev–Trinajstić information content (AvgIpc) is 2.42. The lowest BCUT2D eigenvalue weighted by molar-refractivity contribution is 0.441. The molecule has 0 fully saturated rings. The van der Waals surface area contributed by atoms with E-state index in [-0.39, 0.29) is 5.41 Å². The first-order chi connectivity index (χ1) is 9.51. The molecule has 1 N–H and O–H groups in total. The number of phenolic OH excluding ortho intramolecular Hbond substituents is 1. The van der Waals surface area contributed by atoms with Crippen LogP contribution in [0.1, 0.15) is 83.8 Å². The van der Waals surface area contributed by atoms with Gasteiger partial charge >= 0.3 is 0 Å². The summed E-state index contributed by atoms with van der Waals surface area (Å²) >= 11 is 0. The number of rotatable bonds is 9. The second kappa shape index (κ2) is 8.34. The molecule has 0 aliphatic carbocycles. The lowest BCUT2D eigenvalue weighted by Gasteiger charge is -2.26. The molecule has 0 unspecified atom stereocenters. The molecular formula is C19H32O. The Morgan fingerprint density at radius 2 is 1.65 bits per heavy atom. The van der Waals surface area contributed by atoms with E-state index in [9.17, 15) is 5.11 Å². The molecule has 0 bridgehead atoms. The van der Waals surface area contributed by atoms with Gasteiger partial charge in [0.05, 0.1) is 0 Å². The molecule has 1 aromatic rings. The van der Waals surface area contributed by atoms with Gasteiger partial charge in [-0.05, 0) is 41.9 Å². The molecule has 20 heavy (non-hydrogen) atoms. The molecule has 1 heteroatoms. The Morgan fingerprint density at radius 1 is 0.950 bits per heavy atom. The Balaban J connectivity index is 2.72. The van der Waals surface area contributed by atoms with E-state index in [2.05, 4.69) is 39.8 Å². The zero-order chi connectivity index (χ0) is 15.0. The molecule has 1 aromatic carbocycles. The zero-order valence-electron chi connectivity index (χ0n) is 13.8. The molecule has 0 amide bonds. The fourth-order valence-corrected chi connectivity index (χ4v) is 2.71. The molecule has 0 aliphatic heterocycles. The summed E-state index contributed by atoms with van der Waals surface area (Å²) < 4.78 is 0. The standard InChI is InChI=1S/C19H32O/c1-5-7-9-10-14-19(3,4)17-12-13-18(20)16(15-17)11-8-6-2/h12-13,15,20H,5-11,14H2,1-4H3. The van der Waals surface area contributed by atoms with Gasteiger partial charge in [-0.3, -0.25) is 0 Å². The van der Waals surface area contributed by atoms with E-state index in [1.54, 1.807) is 0 Å². The summed E-state index contributed by atoms with van der Waals surface area (Å²) in [6.45, 7) is 9.10. The summed E-state index contributed by atoms with van der Waals surface area (Å²) in [5, 5.41) is 9.97. The predicted octanol–water partition coefficient (Wildman–Crippen LogP) is 5.98. The van der Waals surface area contributed by atoms with Crippen molar-refractivity contribution < 1.29 is 5.11 Å². The van der Waals surface area contributed by atoms with Crippen molar-refractivity contribution in [2.24, 2.45) is 0 Å². The molecule has 1 rings (SSSR count). The highest BCUT2D eigenvalue weighted by Crippen LogP contribution is 2.32. The van der Waals surface area contributed by atoms with Gasteiger partial charge in [0, 0.05) is 0 Å². The molecule has 0 aliphatic rings. The van der Waals surface area contributed by atoms with Crippen LogP contribution in [-0.2, 0) is 11.8 Å². The smallest absolute Gasteiger partial charge is 0.118 e. The van der Waals surface area contributed by atoms with Gasteiger partial charge in [-0.1, -0.05) is 71.9 Å². The highest BCUT2D eigenvalue weighted by Gasteiger charge is 2.21. The van der Waals surface area contributed by atoms with Crippen molar-refractivity contribution in [3.05, 3.63) is 29.3 Å². The fraction of sp³-hybridized carbons (Fsp3) is 0.684. The van der Waals surface area contributed by atoms with Crippen LogP contribution in [0.25, 0.3) is 0 Å². The molecular weight excluding hydrogens is 244 g/mol. The molecule has 0 saturated heterocycles. The molecule has 1 nitrogen and oxygen atoms in total. The van der Waals surface area contributed by atoms with Crippen molar-refractivity contribution in [2.45, 2.75) is 84.5 Å². The van der Waals surface area contributed by atoms with Crippen molar-refractivity contribution in [2.75, 3.05) is 0 Å². The van der Waals surface area contributed by atoms with Gasteiger partial charge in [-0.2, -0.15) is 0 Å². The summed E-state index contributed by atoms with van der Waals surface area (Å²) in [5.41, 5.74) is 2.70. The van der Waals surface area contributed by atoms with Gasteiger partial charge in [0.15, 0.2) is 0 Å². The van der Waals surface area contributed by atoms with Gasteiger partial charge in [0.1, 0.15) is 5.75 Å². The summed E-state index contributed by atoms with van der Waals surface area (Å²) in [6.07, 6.45) is 9.80.